The van der Waals surface area contributed by atoms with E-state index in [1.807, 2.05) is 25.3 Å². The van der Waals surface area contributed by atoms with Gasteiger partial charge in [-0.3, -0.25) is 19.9 Å². The van der Waals surface area contributed by atoms with Crippen LogP contribution in [-0.4, -0.2) is 194 Å². The molecule has 0 spiro atoms. The van der Waals surface area contributed by atoms with Crippen LogP contribution in [0.5, 0.6) is 23.0 Å². The zero-order chi connectivity index (χ0) is 85.2. The summed E-state index contributed by atoms with van der Waals surface area (Å²) in [6, 6.07) is 24.7. The molecule has 660 valence electrons. The van der Waals surface area contributed by atoms with E-state index in [0.29, 0.717) is 35.7 Å². The summed E-state index contributed by atoms with van der Waals surface area (Å²) in [6.07, 6.45) is 42.8. The highest BCUT2D eigenvalue weighted by atomic mass is 19.1. The molecule has 4 saturated heterocycles. The molecule has 0 atom stereocenters. The van der Waals surface area contributed by atoms with Crippen molar-refractivity contribution in [3.8, 4) is 23.0 Å². The van der Waals surface area contributed by atoms with E-state index in [1.165, 1.54) is 56.3 Å². The molecule has 11 aromatic rings. The molecule has 9 fully saturated rings. The van der Waals surface area contributed by atoms with E-state index < -0.39 is 5.95 Å². The van der Waals surface area contributed by atoms with Crippen molar-refractivity contribution in [2.75, 3.05) is 125 Å². The number of morpholine rings is 4. The van der Waals surface area contributed by atoms with Crippen LogP contribution < -0.4 is 38.5 Å². The minimum Gasteiger partial charge on any atom is -0.488 e. The number of halogens is 1. The van der Waals surface area contributed by atoms with Crippen molar-refractivity contribution < 1.29 is 42.3 Å². The number of aromatic nitrogens is 13. The maximum Gasteiger partial charge on any atom is 0.213 e. The Morgan fingerprint density at radius 3 is 1.06 bits per heavy atom. The van der Waals surface area contributed by atoms with Crippen molar-refractivity contribution in [3.05, 3.63) is 175 Å². The number of hydrogen-bond acceptors (Lipinski definition) is 25. The molecular weight excluding hydrogens is 1570 g/mol. The summed E-state index contributed by atoms with van der Waals surface area (Å²) in [6.45, 7) is 24.2. The molecule has 125 heavy (non-hydrogen) atoms. The van der Waals surface area contributed by atoms with Crippen LogP contribution >= 0.6 is 0 Å². The van der Waals surface area contributed by atoms with E-state index in [9.17, 15) is 4.39 Å². The molecule has 0 N–H and O–H groups in total. The normalized spacial score (nSPS) is 22.6. The predicted molar refractivity (Wildman–Crippen MR) is 485 cm³/mol. The van der Waals surface area contributed by atoms with Crippen molar-refractivity contribution in [2.45, 2.75) is 212 Å². The third-order valence-electron chi connectivity index (χ3n) is 26.3. The lowest BCUT2D eigenvalue weighted by Gasteiger charge is -2.31. The Hall–Kier alpha value is -10.3. The lowest BCUT2D eigenvalue weighted by molar-refractivity contribution is 0.121. The third-order valence-corrected chi connectivity index (χ3v) is 26.3. The zero-order valence-corrected chi connectivity index (χ0v) is 73.7. The van der Waals surface area contributed by atoms with E-state index in [4.69, 9.17) is 47.9 Å². The van der Waals surface area contributed by atoms with Gasteiger partial charge < -0.3 is 57.5 Å². The van der Waals surface area contributed by atoms with Crippen molar-refractivity contribution in [1.29, 1.82) is 0 Å². The molecule has 0 unspecified atom stereocenters. The van der Waals surface area contributed by atoms with Crippen LogP contribution in [0, 0.1) is 42.5 Å². The standard InChI is InChI=1S/C27H33N5O2.C26H33N5O2.C24H27FN4O2.C22H31N3O2/c1-18-30-21(15-24(31-18)20-4-5-20)14-19-2-6-23(7-3-19)34-26-17-22(32-10-12-33-13-11-32)16-25-27(26)29-9-8-28-25;1-18(2)22-7-8-28-25(30-22)15-19-3-5-21(6-4-19)33-24-17-20(31-11-13-32-14-12-31)16-23-26(24)29-10-9-27-23;25-23-14-18(5-6-27-23)13-17-1-3-20(4-2-17)31-22-16-19(29-9-11-30-12-10-29)15-21-24(22)28-8-7-26-21;1-16(2)13-17-3-5-19(6-4-17)27-21-15-18(25-9-11-26-12-10-25)14-20-22(21)24-8-7-23-20/h8-9,15-17,19-20,23H,2-7,10-14H2,1H3;7-10,16-19,21H,3-6,11-15H2,1-2H3;5-8,14-17,20H,1-4,9-13H2;7-8,14-17,19H,3-6,9-13H2,1-2H3. The molecule has 4 aromatic carbocycles. The molecule has 11 heterocycles. The number of aryl methyl sites for hydroxylation is 1. The molecule has 26 heteroatoms. The maximum absolute atomic E-state index is 13.4. The number of pyridine rings is 1. The Kier molecular flexibility index (Phi) is 29.4. The molecule has 25 nitrogen and oxygen atoms in total. The van der Waals surface area contributed by atoms with Gasteiger partial charge in [0.15, 0.2) is 0 Å². The maximum atomic E-state index is 13.4. The smallest absolute Gasteiger partial charge is 0.213 e. The van der Waals surface area contributed by atoms with Crippen LogP contribution in [0.1, 0.15) is 196 Å². The largest absolute Gasteiger partial charge is 0.488 e. The Balaban J connectivity index is 0.000000118. The molecule has 4 aliphatic heterocycles. The fourth-order valence-electron chi connectivity index (χ4n) is 19.4. The van der Waals surface area contributed by atoms with Gasteiger partial charge in [-0.15, -0.1) is 0 Å². The highest BCUT2D eigenvalue weighted by molar-refractivity contribution is 5.88. The van der Waals surface area contributed by atoms with Crippen molar-refractivity contribution >= 4 is 66.9 Å². The SMILES string of the molecule is CC(C)CC1CCC(Oc2cc(N3CCOCC3)cc3nccnc23)CC1.CC(C)c1ccnc(CC2CCC(Oc3cc(N4CCOCC4)cc4nccnc34)CC2)n1.Cc1nc(CC2CCC(Oc3cc(N4CCOCC4)cc4nccnc34)CC2)cc(C2CC2)n1.Fc1cc(CC2CCC(Oc3cc(N4CCOCC4)cc4nccnc34)CC2)ccn1. The topological polar surface area (TPSA) is 254 Å². The van der Waals surface area contributed by atoms with Gasteiger partial charge in [-0.25, -0.2) is 44.9 Å². The van der Waals surface area contributed by atoms with Crippen molar-refractivity contribution in [1.82, 2.24) is 64.8 Å². The quantitative estimate of drug-likeness (QED) is 0.0571. The Bertz CT molecular complexity index is 5310. The van der Waals surface area contributed by atoms with Gasteiger partial charge >= 0.3 is 0 Å². The second kappa shape index (κ2) is 42.3. The number of anilines is 4. The van der Waals surface area contributed by atoms with Gasteiger partial charge in [-0.2, -0.15) is 4.39 Å². The van der Waals surface area contributed by atoms with Crippen LogP contribution in [0.15, 0.2) is 135 Å². The minimum absolute atomic E-state index is 0.163. The molecule has 20 rings (SSSR count). The average molecular weight is 1700 g/mol. The van der Waals surface area contributed by atoms with Crippen LogP contribution in [-0.2, 0) is 38.2 Å². The first kappa shape index (κ1) is 86.8. The highest BCUT2D eigenvalue weighted by Gasteiger charge is 2.32. The van der Waals surface area contributed by atoms with Gasteiger partial charge in [0, 0.05) is 191 Å². The number of ether oxygens (including phenoxy) is 8. The molecule has 5 aliphatic carbocycles. The van der Waals surface area contributed by atoms with Gasteiger partial charge in [-0.05, 0) is 231 Å². The van der Waals surface area contributed by atoms with E-state index in [0.717, 1.165) is 326 Å². The molecule has 7 aromatic heterocycles. The molecule has 5 saturated carbocycles. The van der Waals surface area contributed by atoms with Crippen LogP contribution in [0.2, 0.25) is 0 Å². The second-order valence-corrected chi connectivity index (χ2v) is 36.3. The summed E-state index contributed by atoms with van der Waals surface area (Å²) >= 11 is 0. The average Bonchev–Trinajstić information content (AvgIpc) is 1.54. The van der Waals surface area contributed by atoms with E-state index >= 15 is 0 Å². The van der Waals surface area contributed by atoms with Gasteiger partial charge in [-0.1, -0.05) is 27.7 Å². The molecule has 9 aliphatic rings. The number of nitrogens with zero attached hydrogens (tertiary/aromatic N) is 17. The van der Waals surface area contributed by atoms with Crippen LogP contribution in [0.4, 0.5) is 27.1 Å². The van der Waals surface area contributed by atoms with Crippen molar-refractivity contribution in [3.63, 3.8) is 0 Å². The predicted octanol–water partition coefficient (Wildman–Crippen LogP) is 17.8. The number of fused-ring (bicyclic) bond motifs is 4. The second-order valence-electron chi connectivity index (χ2n) is 36.3. The van der Waals surface area contributed by atoms with Crippen molar-refractivity contribution in [2.24, 2.45) is 29.6 Å². The van der Waals surface area contributed by atoms with E-state index in [2.05, 4.69) is 157 Å². The lowest BCUT2D eigenvalue weighted by Crippen LogP contribution is -2.36. The lowest BCUT2D eigenvalue weighted by atomic mass is 9.82. The minimum atomic E-state index is -0.400. The van der Waals surface area contributed by atoms with Gasteiger partial charge in [0.25, 0.3) is 0 Å². The van der Waals surface area contributed by atoms with Gasteiger partial charge in [0.2, 0.25) is 5.95 Å². The summed E-state index contributed by atoms with van der Waals surface area (Å²) in [5.41, 5.74) is 16.1. The molecule has 0 bridgehead atoms. The fraction of sp³-hybridized carbons (Fsp3) is 0.545. The van der Waals surface area contributed by atoms with Crippen LogP contribution in [0.25, 0.3) is 44.1 Å². The summed E-state index contributed by atoms with van der Waals surface area (Å²) in [7, 11) is 0. The Morgan fingerprint density at radius 1 is 0.352 bits per heavy atom. The van der Waals surface area contributed by atoms with Crippen LogP contribution in [0.3, 0.4) is 0 Å². The molecular formula is C99H124FN17O8. The number of rotatable bonds is 22. The number of benzene rings is 4. The highest BCUT2D eigenvalue weighted by Crippen LogP contribution is 2.43. The van der Waals surface area contributed by atoms with Gasteiger partial charge in [0.1, 0.15) is 56.7 Å². The summed E-state index contributed by atoms with van der Waals surface area (Å²) in [4.78, 5) is 68.1. The van der Waals surface area contributed by atoms with Gasteiger partial charge in [0.05, 0.1) is 99.3 Å². The third kappa shape index (κ3) is 23.7. The first-order valence-electron chi connectivity index (χ1n) is 46.5. The first-order chi connectivity index (χ1) is 61.3. The van der Waals surface area contributed by atoms with E-state index in [-0.39, 0.29) is 18.3 Å². The summed E-state index contributed by atoms with van der Waals surface area (Å²) in [5.74, 6) is 9.49. The Morgan fingerprint density at radius 2 is 0.704 bits per heavy atom. The monoisotopic (exact) mass is 1700 g/mol. The molecule has 0 amide bonds. The van der Waals surface area contributed by atoms with E-state index in [1.54, 1.807) is 61.8 Å². The summed E-state index contributed by atoms with van der Waals surface area (Å²) in [5, 5.41) is 0. The number of hydrogen-bond donors (Lipinski definition) is 0. The fourth-order valence-corrected chi connectivity index (χ4v) is 19.4. The Labute approximate surface area is 734 Å². The molecule has 0 radical (unpaired) electrons. The first-order valence-corrected chi connectivity index (χ1v) is 46.5. The zero-order valence-electron chi connectivity index (χ0n) is 73.7. The summed E-state index contributed by atoms with van der Waals surface area (Å²) < 4.78 is 61.5.